The van der Waals surface area contributed by atoms with E-state index < -0.39 is 0 Å². The molecule has 2 rings (SSSR count). The molecule has 0 heterocycles. The monoisotopic (exact) mass is 481 g/mol. The third kappa shape index (κ3) is 6.55. The van der Waals surface area contributed by atoms with Crippen LogP contribution in [0.3, 0.4) is 0 Å². The fourth-order valence-corrected chi connectivity index (χ4v) is 2.69. The van der Waals surface area contributed by atoms with E-state index in [1.807, 2.05) is 24.3 Å². The molecule has 2 aromatic carbocycles. The SMILES string of the molecule is COc1ccc(/C=N\NC(=O)CCC(=O)Nc2ccccc2I)cc1OC. The van der Waals surface area contributed by atoms with Gasteiger partial charge in [0.1, 0.15) is 0 Å². The average molecular weight is 481 g/mol. The standard InChI is InChI=1S/C19H20IN3O4/c1-26-16-8-7-13(11-17(16)27-2)12-21-23-19(25)10-9-18(24)22-15-6-4-3-5-14(15)20/h3-8,11-12H,9-10H2,1-2H3,(H,22,24)(H,23,25)/b21-12-. The van der Waals surface area contributed by atoms with Gasteiger partial charge in [0.2, 0.25) is 11.8 Å². The minimum absolute atomic E-state index is 0.0402. The summed E-state index contributed by atoms with van der Waals surface area (Å²) < 4.78 is 11.3. The Morgan fingerprint density at radius 2 is 1.74 bits per heavy atom. The quantitative estimate of drug-likeness (QED) is 0.345. The van der Waals surface area contributed by atoms with Crippen molar-refractivity contribution in [1.29, 1.82) is 0 Å². The highest BCUT2D eigenvalue weighted by Gasteiger charge is 2.08. The van der Waals surface area contributed by atoms with Crippen LogP contribution in [0.5, 0.6) is 11.5 Å². The number of para-hydroxylation sites is 1. The Bertz CT molecular complexity index is 839. The van der Waals surface area contributed by atoms with Crippen LogP contribution in [0, 0.1) is 3.57 Å². The third-order valence-corrected chi connectivity index (χ3v) is 4.48. The normalized spacial score (nSPS) is 10.5. The number of hydrogen-bond acceptors (Lipinski definition) is 5. The second kappa shape index (κ2) is 10.5. The van der Waals surface area contributed by atoms with E-state index in [1.165, 1.54) is 6.21 Å². The predicted molar refractivity (Wildman–Crippen MR) is 112 cm³/mol. The number of amides is 2. The average Bonchev–Trinajstić information content (AvgIpc) is 2.68. The van der Waals surface area contributed by atoms with Crippen molar-refractivity contribution in [2.75, 3.05) is 19.5 Å². The van der Waals surface area contributed by atoms with Crippen molar-refractivity contribution in [2.45, 2.75) is 12.8 Å². The summed E-state index contributed by atoms with van der Waals surface area (Å²) in [5.74, 6) is 0.612. The summed E-state index contributed by atoms with van der Waals surface area (Å²) in [5, 5.41) is 6.68. The molecule has 0 aromatic heterocycles. The number of hydrazone groups is 1. The molecule has 8 heteroatoms. The minimum Gasteiger partial charge on any atom is -0.493 e. The lowest BCUT2D eigenvalue weighted by atomic mass is 10.2. The van der Waals surface area contributed by atoms with Crippen molar-refractivity contribution in [3.05, 3.63) is 51.6 Å². The molecular formula is C19H20IN3O4. The van der Waals surface area contributed by atoms with E-state index in [-0.39, 0.29) is 24.7 Å². The largest absolute Gasteiger partial charge is 0.493 e. The fraction of sp³-hybridized carbons (Fsp3) is 0.211. The van der Waals surface area contributed by atoms with Gasteiger partial charge in [0.25, 0.3) is 0 Å². The van der Waals surface area contributed by atoms with Gasteiger partial charge in [0.05, 0.1) is 26.1 Å². The van der Waals surface area contributed by atoms with Crippen molar-refractivity contribution in [3.8, 4) is 11.5 Å². The van der Waals surface area contributed by atoms with Crippen LogP contribution in [0.1, 0.15) is 18.4 Å². The van der Waals surface area contributed by atoms with Gasteiger partial charge >= 0.3 is 0 Å². The van der Waals surface area contributed by atoms with Crippen molar-refractivity contribution in [1.82, 2.24) is 5.43 Å². The maximum absolute atomic E-state index is 11.9. The van der Waals surface area contributed by atoms with Gasteiger partial charge in [0, 0.05) is 16.4 Å². The van der Waals surface area contributed by atoms with E-state index in [9.17, 15) is 9.59 Å². The zero-order valence-corrected chi connectivity index (χ0v) is 17.1. The summed E-state index contributed by atoms with van der Waals surface area (Å²) in [6.07, 6.45) is 1.60. The highest BCUT2D eigenvalue weighted by molar-refractivity contribution is 14.1. The first-order valence-electron chi connectivity index (χ1n) is 8.11. The van der Waals surface area contributed by atoms with Crippen molar-refractivity contribution < 1.29 is 19.1 Å². The summed E-state index contributed by atoms with van der Waals surface area (Å²) in [6.45, 7) is 0. The van der Waals surface area contributed by atoms with Gasteiger partial charge in [-0.05, 0) is 58.5 Å². The smallest absolute Gasteiger partial charge is 0.240 e. The fourth-order valence-electron chi connectivity index (χ4n) is 2.17. The van der Waals surface area contributed by atoms with Crippen LogP contribution in [0.4, 0.5) is 5.69 Å². The second-order valence-corrected chi connectivity index (χ2v) is 6.60. The predicted octanol–water partition coefficient (Wildman–Crippen LogP) is 3.18. The van der Waals surface area contributed by atoms with Gasteiger partial charge < -0.3 is 14.8 Å². The summed E-state index contributed by atoms with van der Waals surface area (Å²) in [6, 6.07) is 12.7. The van der Waals surface area contributed by atoms with Crippen LogP contribution in [-0.2, 0) is 9.59 Å². The Hall–Kier alpha value is -2.62. The summed E-state index contributed by atoms with van der Waals surface area (Å²) in [7, 11) is 3.10. The van der Waals surface area contributed by atoms with E-state index in [0.717, 1.165) is 14.8 Å². The van der Waals surface area contributed by atoms with Gasteiger partial charge in [-0.1, -0.05) is 12.1 Å². The van der Waals surface area contributed by atoms with Gasteiger partial charge in [-0.2, -0.15) is 5.10 Å². The van der Waals surface area contributed by atoms with Gasteiger partial charge in [0.15, 0.2) is 11.5 Å². The number of hydrogen-bond donors (Lipinski definition) is 2. The molecule has 2 aromatic rings. The highest BCUT2D eigenvalue weighted by atomic mass is 127. The van der Waals surface area contributed by atoms with Gasteiger partial charge in [-0.15, -0.1) is 0 Å². The molecule has 27 heavy (non-hydrogen) atoms. The molecular weight excluding hydrogens is 461 g/mol. The van der Waals surface area contributed by atoms with Crippen molar-refractivity contribution in [2.24, 2.45) is 5.10 Å². The Morgan fingerprint density at radius 1 is 1.04 bits per heavy atom. The number of halogens is 1. The number of carbonyl (C=O) groups is 2. The number of ether oxygens (including phenoxy) is 2. The van der Waals surface area contributed by atoms with E-state index >= 15 is 0 Å². The molecule has 0 aliphatic heterocycles. The summed E-state index contributed by atoms with van der Waals surface area (Å²) in [4.78, 5) is 23.8. The lowest BCUT2D eigenvalue weighted by Gasteiger charge is -2.07. The molecule has 0 saturated heterocycles. The lowest BCUT2D eigenvalue weighted by Crippen LogP contribution is -2.20. The molecule has 0 radical (unpaired) electrons. The highest BCUT2D eigenvalue weighted by Crippen LogP contribution is 2.26. The van der Waals surface area contributed by atoms with E-state index in [1.54, 1.807) is 32.4 Å². The zero-order valence-electron chi connectivity index (χ0n) is 15.0. The molecule has 0 fully saturated rings. The van der Waals surface area contributed by atoms with Crippen LogP contribution in [0.15, 0.2) is 47.6 Å². The molecule has 0 aliphatic carbocycles. The Kier molecular flexibility index (Phi) is 8.05. The van der Waals surface area contributed by atoms with E-state index in [4.69, 9.17) is 9.47 Å². The van der Waals surface area contributed by atoms with E-state index in [2.05, 4.69) is 38.4 Å². The zero-order chi connectivity index (χ0) is 19.6. The number of carbonyl (C=O) groups excluding carboxylic acids is 2. The molecule has 2 amide bonds. The molecule has 0 aliphatic rings. The lowest BCUT2D eigenvalue weighted by molar-refractivity contribution is -0.124. The Balaban J connectivity index is 1.79. The van der Waals surface area contributed by atoms with Crippen LogP contribution in [0.25, 0.3) is 0 Å². The Morgan fingerprint density at radius 3 is 2.44 bits per heavy atom. The molecule has 2 N–H and O–H groups in total. The van der Waals surface area contributed by atoms with Crippen molar-refractivity contribution >= 4 is 46.3 Å². The summed E-state index contributed by atoms with van der Waals surface area (Å²) in [5.41, 5.74) is 3.88. The Labute approximate surface area is 171 Å². The maximum atomic E-state index is 11.9. The van der Waals surface area contributed by atoms with Crippen LogP contribution in [-0.4, -0.2) is 32.2 Å². The van der Waals surface area contributed by atoms with Crippen LogP contribution >= 0.6 is 22.6 Å². The summed E-state index contributed by atoms with van der Waals surface area (Å²) >= 11 is 2.14. The van der Waals surface area contributed by atoms with E-state index in [0.29, 0.717) is 11.5 Å². The number of methoxy groups -OCH3 is 2. The number of benzene rings is 2. The first kappa shape index (κ1) is 20.7. The molecule has 0 spiro atoms. The first-order chi connectivity index (χ1) is 13.0. The second-order valence-electron chi connectivity index (χ2n) is 5.44. The minimum atomic E-state index is -0.343. The number of rotatable bonds is 8. The topological polar surface area (TPSA) is 89.0 Å². The number of nitrogens with one attached hydrogen (secondary N) is 2. The van der Waals surface area contributed by atoms with Crippen molar-refractivity contribution in [3.63, 3.8) is 0 Å². The first-order valence-corrected chi connectivity index (χ1v) is 9.19. The number of nitrogens with zero attached hydrogens (tertiary/aromatic N) is 1. The number of anilines is 1. The maximum Gasteiger partial charge on any atom is 0.240 e. The molecule has 0 atom stereocenters. The van der Waals surface area contributed by atoms with Crippen LogP contribution in [0.2, 0.25) is 0 Å². The molecule has 0 bridgehead atoms. The van der Waals surface area contributed by atoms with Gasteiger partial charge in [-0.3, -0.25) is 9.59 Å². The molecule has 7 nitrogen and oxygen atoms in total. The van der Waals surface area contributed by atoms with Crippen LogP contribution < -0.4 is 20.2 Å². The molecule has 0 saturated carbocycles. The molecule has 0 unspecified atom stereocenters. The third-order valence-electron chi connectivity index (χ3n) is 3.54. The molecule has 142 valence electrons. The van der Waals surface area contributed by atoms with Gasteiger partial charge in [-0.25, -0.2) is 5.43 Å².